The van der Waals surface area contributed by atoms with E-state index in [-0.39, 0.29) is 11.9 Å². The van der Waals surface area contributed by atoms with Crippen LogP contribution in [0.5, 0.6) is 0 Å². The lowest BCUT2D eigenvalue weighted by atomic mass is 10.1. The summed E-state index contributed by atoms with van der Waals surface area (Å²) in [5, 5.41) is 3.17. The van der Waals surface area contributed by atoms with E-state index in [1.54, 1.807) is 12.3 Å². The van der Waals surface area contributed by atoms with Crippen molar-refractivity contribution in [2.24, 2.45) is 0 Å². The fourth-order valence-electron chi connectivity index (χ4n) is 1.53. The van der Waals surface area contributed by atoms with Crippen LogP contribution in [0.2, 0.25) is 0 Å². The molecule has 1 rings (SSSR count). The van der Waals surface area contributed by atoms with Gasteiger partial charge in [0.1, 0.15) is 5.82 Å². The molecule has 0 aliphatic carbocycles. The number of nitrogens with one attached hydrogen (secondary N) is 1. The molecule has 0 amide bonds. The van der Waals surface area contributed by atoms with Crippen molar-refractivity contribution < 1.29 is 8.60 Å². The average Bonchev–Trinajstić information content (AvgIpc) is 2.18. The molecule has 0 saturated carbocycles. The summed E-state index contributed by atoms with van der Waals surface area (Å²) in [6.07, 6.45) is 1.67. The van der Waals surface area contributed by atoms with E-state index in [9.17, 15) is 8.60 Å². The Labute approximate surface area is 98.7 Å². The molecule has 0 heterocycles. The van der Waals surface area contributed by atoms with Crippen LogP contribution in [-0.2, 0) is 17.3 Å². The van der Waals surface area contributed by atoms with E-state index in [1.165, 1.54) is 6.07 Å². The van der Waals surface area contributed by atoms with Crippen molar-refractivity contribution in [2.75, 3.05) is 12.0 Å². The third-order valence-electron chi connectivity index (χ3n) is 2.33. The smallest absolute Gasteiger partial charge is 0.127 e. The molecule has 0 bridgehead atoms. The first kappa shape index (κ1) is 13.3. The van der Waals surface area contributed by atoms with Crippen molar-refractivity contribution in [3.8, 4) is 0 Å². The van der Waals surface area contributed by atoms with Gasteiger partial charge in [0.2, 0.25) is 0 Å². The largest absolute Gasteiger partial charge is 0.309 e. The monoisotopic (exact) mass is 243 g/mol. The number of hydrogen-bond acceptors (Lipinski definition) is 2. The molecule has 90 valence electrons. The molecule has 16 heavy (non-hydrogen) atoms. The van der Waals surface area contributed by atoms with Crippen molar-refractivity contribution in [3.05, 3.63) is 35.1 Å². The molecule has 1 N–H and O–H groups in total. The SMILES string of the molecule is Cc1ccc(F)c(CNC(C)CS(C)=O)c1. The minimum absolute atomic E-state index is 0.130. The van der Waals surface area contributed by atoms with Crippen LogP contribution >= 0.6 is 0 Å². The molecule has 2 nitrogen and oxygen atoms in total. The zero-order chi connectivity index (χ0) is 12.1. The van der Waals surface area contributed by atoms with E-state index in [0.717, 1.165) is 5.56 Å². The molecule has 0 saturated heterocycles. The van der Waals surface area contributed by atoms with Crippen molar-refractivity contribution in [1.29, 1.82) is 0 Å². The van der Waals surface area contributed by atoms with Crippen molar-refractivity contribution in [3.63, 3.8) is 0 Å². The third kappa shape index (κ3) is 4.41. The Morgan fingerprint density at radius 3 is 2.81 bits per heavy atom. The molecule has 1 aromatic rings. The van der Waals surface area contributed by atoms with E-state index in [1.807, 2.05) is 19.9 Å². The predicted octanol–water partition coefficient (Wildman–Crippen LogP) is 1.99. The average molecular weight is 243 g/mol. The van der Waals surface area contributed by atoms with Gasteiger partial charge in [-0.1, -0.05) is 17.7 Å². The van der Waals surface area contributed by atoms with Gasteiger partial charge in [0.05, 0.1) is 0 Å². The van der Waals surface area contributed by atoms with Crippen molar-refractivity contribution in [2.45, 2.75) is 26.4 Å². The summed E-state index contributed by atoms with van der Waals surface area (Å²) >= 11 is 0. The van der Waals surface area contributed by atoms with Gasteiger partial charge in [-0.15, -0.1) is 0 Å². The van der Waals surface area contributed by atoms with E-state index >= 15 is 0 Å². The second kappa shape index (κ2) is 6.11. The van der Waals surface area contributed by atoms with Gasteiger partial charge in [-0.25, -0.2) is 4.39 Å². The number of rotatable bonds is 5. The van der Waals surface area contributed by atoms with E-state index in [2.05, 4.69) is 5.32 Å². The Bertz CT molecular complexity index is 381. The number of halogens is 1. The van der Waals surface area contributed by atoms with Crippen LogP contribution in [0.4, 0.5) is 4.39 Å². The van der Waals surface area contributed by atoms with Crippen LogP contribution in [0, 0.1) is 12.7 Å². The summed E-state index contributed by atoms with van der Waals surface area (Å²) in [5.41, 5.74) is 1.71. The van der Waals surface area contributed by atoms with Gasteiger partial charge in [0.25, 0.3) is 0 Å². The summed E-state index contributed by atoms with van der Waals surface area (Å²) < 4.78 is 24.4. The summed E-state index contributed by atoms with van der Waals surface area (Å²) in [6.45, 7) is 4.37. The van der Waals surface area contributed by atoms with Gasteiger partial charge in [0.15, 0.2) is 0 Å². The third-order valence-corrected chi connectivity index (χ3v) is 3.30. The van der Waals surface area contributed by atoms with Gasteiger partial charge in [-0.3, -0.25) is 4.21 Å². The summed E-state index contributed by atoms with van der Waals surface area (Å²) in [5.74, 6) is 0.399. The molecule has 2 unspecified atom stereocenters. The molecule has 0 aromatic heterocycles. The van der Waals surface area contributed by atoms with Crippen LogP contribution < -0.4 is 5.32 Å². The summed E-state index contributed by atoms with van der Waals surface area (Å²) in [7, 11) is -0.820. The molecule has 0 radical (unpaired) electrons. The zero-order valence-electron chi connectivity index (χ0n) is 9.92. The van der Waals surface area contributed by atoms with Gasteiger partial charge >= 0.3 is 0 Å². The maximum atomic E-state index is 13.4. The van der Waals surface area contributed by atoms with Crippen molar-refractivity contribution in [1.82, 2.24) is 5.32 Å². The number of hydrogen-bond donors (Lipinski definition) is 1. The maximum absolute atomic E-state index is 13.4. The van der Waals surface area contributed by atoms with Gasteiger partial charge in [-0.05, 0) is 19.9 Å². The van der Waals surface area contributed by atoms with Crippen LogP contribution in [0.1, 0.15) is 18.1 Å². The van der Waals surface area contributed by atoms with E-state index in [4.69, 9.17) is 0 Å². The molecule has 0 aliphatic heterocycles. The number of aryl methyl sites for hydroxylation is 1. The lowest BCUT2D eigenvalue weighted by Crippen LogP contribution is -2.30. The molecule has 4 heteroatoms. The Morgan fingerprint density at radius 1 is 1.50 bits per heavy atom. The Hall–Kier alpha value is -0.740. The van der Waals surface area contributed by atoms with Crippen molar-refractivity contribution >= 4 is 10.8 Å². The van der Waals surface area contributed by atoms with Gasteiger partial charge in [0, 0.05) is 41.0 Å². The lowest BCUT2D eigenvalue weighted by Gasteiger charge is -2.13. The second-order valence-corrected chi connectivity index (χ2v) is 5.60. The van der Waals surface area contributed by atoms with Crippen LogP contribution in [0.15, 0.2) is 18.2 Å². The highest BCUT2D eigenvalue weighted by Crippen LogP contribution is 2.09. The molecule has 2 atom stereocenters. The standard InChI is InChI=1S/C12H18FNOS/c1-9-4-5-12(13)11(6-9)7-14-10(2)8-16(3)15/h4-6,10,14H,7-8H2,1-3H3. The van der Waals surface area contributed by atoms with Crippen LogP contribution in [0.25, 0.3) is 0 Å². The van der Waals surface area contributed by atoms with Gasteiger partial charge in [-0.2, -0.15) is 0 Å². The highest BCUT2D eigenvalue weighted by atomic mass is 32.2. The summed E-state index contributed by atoms with van der Waals surface area (Å²) in [6, 6.07) is 5.20. The highest BCUT2D eigenvalue weighted by Gasteiger charge is 2.06. The molecular weight excluding hydrogens is 225 g/mol. The fourth-order valence-corrected chi connectivity index (χ4v) is 2.36. The second-order valence-electron chi connectivity index (χ2n) is 4.12. The highest BCUT2D eigenvalue weighted by molar-refractivity contribution is 7.84. The molecule has 0 aliphatic rings. The normalized spacial score (nSPS) is 14.8. The van der Waals surface area contributed by atoms with E-state index < -0.39 is 10.8 Å². The molecule has 1 aromatic carbocycles. The molecule has 0 fully saturated rings. The summed E-state index contributed by atoms with van der Waals surface area (Å²) in [4.78, 5) is 0. The minimum atomic E-state index is -0.820. The quantitative estimate of drug-likeness (QED) is 0.857. The molecule has 0 spiro atoms. The Kier molecular flexibility index (Phi) is 5.09. The minimum Gasteiger partial charge on any atom is -0.309 e. The Balaban J connectivity index is 2.54. The van der Waals surface area contributed by atoms with Crippen LogP contribution in [0.3, 0.4) is 0 Å². The maximum Gasteiger partial charge on any atom is 0.127 e. The zero-order valence-corrected chi connectivity index (χ0v) is 10.7. The lowest BCUT2D eigenvalue weighted by molar-refractivity contribution is 0.553. The topological polar surface area (TPSA) is 29.1 Å². The molecular formula is C12H18FNOS. The van der Waals surface area contributed by atoms with Crippen LogP contribution in [-0.4, -0.2) is 22.3 Å². The first-order valence-electron chi connectivity index (χ1n) is 5.27. The fraction of sp³-hybridized carbons (Fsp3) is 0.500. The first-order chi connectivity index (χ1) is 7.49. The predicted molar refractivity (Wildman–Crippen MR) is 66.4 cm³/mol. The number of benzene rings is 1. The van der Waals surface area contributed by atoms with E-state index in [0.29, 0.717) is 17.9 Å². The van der Waals surface area contributed by atoms with Gasteiger partial charge < -0.3 is 5.32 Å². The first-order valence-corrected chi connectivity index (χ1v) is 7.00. The Morgan fingerprint density at radius 2 is 2.19 bits per heavy atom.